The Morgan fingerprint density at radius 1 is 1.46 bits per heavy atom. The third kappa shape index (κ3) is 2.75. The molecule has 0 unspecified atom stereocenters. The fraction of sp³-hybridized carbons (Fsp3) is 0.400. The van der Waals surface area contributed by atoms with E-state index < -0.39 is 0 Å². The maximum atomic E-state index is 8.69. The van der Waals surface area contributed by atoms with E-state index in [-0.39, 0.29) is 6.10 Å². The molecule has 0 atom stereocenters. The zero-order valence-corrected chi connectivity index (χ0v) is 8.03. The predicted molar refractivity (Wildman–Crippen MR) is 49.5 cm³/mol. The molecule has 0 spiro atoms. The van der Waals surface area contributed by atoms with Crippen LogP contribution in [0.2, 0.25) is 0 Å². The van der Waals surface area contributed by atoms with Crippen molar-refractivity contribution < 1.29 is 4.74 Å². The van der Waals surface area contributed by atoms with Crippen LogP contribution in [0.4, 0.5) is 0 Å². The Morgan fingerprint density at radius 3 is 2.69 bits per heavy atom. The smallest absolute Gasteiger partial charge is 0.215 e. The zero-order valence-electron chi connectivity index (χ0n) is 8.03. The second-order valence-electron chi connectivity index (χ2n) is 3.11. The molecule has 0 aliphatic heterocycles. The first-order valence-electron chi connectivity index (χ1n) is 4.17. The molecule has 0 N–H and O–H groups in total. The minimum absolute atomic E-state index is 0.0841. The van der Waals surface area contributed by atoms with Gasteiger partial charge in [-0.25, -0.2) is 4.98 Å². The molecule has 68 valence electrons. The van der Waals surface area contributed by atoms with Crippen molar-refractivity contribution in [3.63, 3.8) is 0 Å². The summed E-state index contributed by atoms with van der Waals surface area (Å²) in [4.78, 5) is 4.15. The second-order valence-corrected chi connectivity index (χ2v) is 3.11. The van der Waals surface area contributed by atoms with Gasteiger partial charge in [-0.2, -0.15) is 5.26 Å². The van der Waals surface area contributed by atoms with Crippen LogP contribution in [0.5, 0.6) is 5.88 Å². The largest absolute Gasteiger partial charge is 0.475 e. The third-order valence-electron chi connectivity index (χ3n) is 1.42. The average Bonchev–Trinajstić information content (AvgIpc) is 2.01. The topological polar surface area (TPSA) is 45.9 Å². The lowest BCUT2D eigenvalue weighted by Gasteiger charge is -2.08. The molecule has 0 saturated carbocycles. The summed E-state index contributed by atoms with van der Waals surface area (Å²) in [5.74, 6) is 0.520. The normalized spacial score (nSPS) is 9.77. The summed E-state index contributed by atoms with van der Waals surface area (Å²) >= 11 is 0. The zero-order chi connectivity index (χ0) is 9.84. The molecule has 1 aromatic rings. The van der Waals surface area contributed by atoms with Crippen molar-refractivity contribution in [2.75, 3.05) is 0 Å². The number of ether oxygens (including phenoxy) is 1. The predicted octanol–water partition coefficient (Wildman–Crippen LogP) is 2.05. The molecule has 13 heavy (non-hydrogen) atoms. The van der Waals surface area contributed by atoms with Gasteiger partial charge in [0.05, 0.1) is 17.7 Å². The van der Waals surface area contributed by atoms with Crippen LogP contribution in [0.3, 0.4) is 0 Å². The van der Waals surface area contributed by atoms with Crippen molar-refractivity contribution in [1.82, 2.24) is 4.98 Å². The van der Waals surface area contributed by atoms with Crippen molar-refractivity contribution in [2.45, 2.75) is 26.9 Å². The quantitative estimate of drug-likeness (QED) is 0.692. The first-order valence-corrected chi connectivity index (χ1v) is 4.17. The Balaban J connectivity index is 2.96. The van der Waals surface area contributed by atoms with E-state index >= 15 is 0 Å². The summed E-state index contributed by atoms with van der Waals surface area (Å²) in [5, 5.41) is 8.69. The number of aromatic nitrogens is 1. The molecule has 1 aromatic heterocycles. The maximum Gasteiger partial charge on any atom is 0.215 e. The van der Waals surface area contributed by atoms with Crippen LogP contribution < -0.4 is 4.74 Å². The lowest BCUT2D eigenvalue weighted by Crippen LogP contribution is -2.07. The molecule has 0 fully saturated rings. The van der Waals surface area contributed by atoms with Crippen LogP contribution in [0.25, 0.3) is 0 Å². The van der Waals surface area contributed by atoms with Crippen LogP contribution in [-0.2, 0) is 0 Å². The highest BCUT2D eigenvalue weighted by Gasteiger charge is 2.02. The Kier molecular flexibility index (Phi) is 2.86. The summed E-state index contributed by atoms with van der Waals surface area (Å²) < 4.78 is 5.38. The van der Waals surface area contributed by atoms with Gasteiger partial charge in [0.2, 0.25) is 5.88 Å². The van der Waals surface area contributed by atoms with Gasteiger partial charge in [0.25, 0.3) is 0 Å². The van der Waals surface area contributed by atoms with Gasteiger partial charge in [0.1, 0.15) is 0 Å². The van der Waals surface area contributed by atoms with Crippen molar-refractivity contribution in [1.29, 1.82) is 5.26 Å². The van der Waals surface area contributed by atoms with Crippen LogP contribution in [0.1, 0.15) is 25.1 Å². The van der Waals surface area contributed by atoms with Crippen LogP contribution >= 0.6 is 0 Å². The van der Waals surface area contributed by atoms with E-state index in [9.17, 15) is 0 Å². The fourth-order valence-electron chi connectivity index (χ4n) is 1.00. The molecule has 0 aromatic carbocycles. The molecule has 0 amide bonds. The summed E-state index contributed by atoms with van der Waals surface area (Å²) in [5.41, 5.74) is 1.39. The van der Waals surface area contributed by atoms with Gasteiger partial charge in [0.15, 0.2) is 0 Å². The molecule has 1 heterocycles. The number of nitriles is 1. The van der Waals surface area contributed by atoms with Crippen molar-refractivity contribution >= 4 is 0 Å². The molecule has 0 bridgehead atoms. The Labute approximate surface area is 78.0 Å². The van der Waals surface area contributed by atoms with E-state index in [1.165, 1.54) is 0 Å². The summed E-state index contributed by atoms with van der Waals surface area (Å²) in [6, 6.07) is 5.44. The number of hydrogen-bond acceptors (Lipinski definition) is 3. The Bertz CT molecular complexity index is 339. The van der Waals surface area contributed by atoms with Gasteiger partial charge in [-0.1, -0.05) is 0 Å². The fourth-order valence-corrected chi connectivity index (χ4v) is 1.00. The first kappa shape index (κ1) is 9.53. The van der Waals surface area contributed by atoms with Crippen molar-refractivity contribution in [3.8, 4) is 11.9 Å². The van der Waals surface area contributed by atoms with Crippen molar-refractivity contribution in [3.05, 3.63) is 23.4 Å². The first-order chi connectivity index (χ1) is 6.11. The maximum absolute atomic E-state index is 8.69. The highest BCUT2D eigenvalue weighted by atomic mass is 16.5. The number of pyridine rings is 1. The van der Waals surface area contributed by atoms with E-state index in [0.717, 1.165) is 5.69 Å². The van der Waals surface area contributed by atoms with Crippen LogP contribution in [-0.4, -0.2) is 11.1 Å². The van der Waals surface area contributed by atoms with E-state index in [1.54, 1.807) is 12.1 Å². The van der Waals surface area contributed by atoms with Crippen LogP contribution in [0.15, 0.2) is 12.1 Å². The average molecular weight is 176 g/mol. The lowest BCUT2D eigenvalue weighted by atomic mass is 10.2. The third-order valence-corrected chi connectivity index (χ3v) is 1.42. The Morgan fingerprint density at radius 2 is 2.15 bits per heavy atom. The summed E-state index contributed by atoms with van der Waals surface area (Å²) in [6.07, 6.45) is 0.0841. The number of rotatable bonds is 2. The van der Waals surface area contributed by atoms with Gasteiger partial charge in [-0.05, 0) is 26.8 Å². The van der Waals surface area contributed by atoms with E-state index in [4.69, 9.17) is 10.00 Å². The number of aryl methyl sites for hydroxylation is 1. The molecule has 0 aliphatic rings. The number of nitrogens with zero attached hydrogens (tertiary/aromatic N) is 2. The van der Waals surface area contributed by atoms with E-state index in [1.807, 2.05) is 20.8 Å². The van der Waals surface area contributed by atoms with E-state index in [0.29, 0.717) is 11.4 Å². The summed E-state index contributed by atoms with van der Waals surface area (Å²) in [6.45, 7) is 5.69. The highest BCUT2D eigenvalue weighted by molar-refractivity contribution is 5.34. The summed E-state index contributed by atoms with van der Waals surface area (Å²) in [7, 11) is 0. The van der Waals surface area contributed by atoms with E-state index in [2.05, 4.69) is 11.1 Å². The standard InChI is InChI=1S/C10H12N2O/c1-7(2)13-10-5-9(6-11)4-8(3)12-10/h4-5,7H,1-3H3. The van der Waals surface area contributed by atoms with Gasteiger partial charge in [-0.3, -0.25) is 0 Å². The van der Waals surface area contributed by atoms with Crippen LogP contribution in [0, 0.1) is 18.3 Å². The number of hydrogen-bond donors (Lipinski definition) is 0. The van der Waals surface area contributed by atoms with Gasteiger partial charge in [0, 0.05) is 11.8 Å². The Hall–Kier alpha value is -1.56. The van der Waals surface area contributed by atoms with Gasteiger partial charge in [-0.15, -0.1) is 0 Å². The lowest BCUT2D eigenvalue weighted by molar-refractivity contribution is 0.232. The minimum atomic E-state index is 0.0841. The molecule has 3 heteroatoms. The second kappa shape index (κ2) is 3.90. The molecular weight excluding hydrogens is 164 g/mol. The molecular formula is C10H12N2O. The molecule has 1 rings (SSSR count). The molecule has 0 aliphatic carbocycles. The molecule has 0 saturated heterocycles. The highest BCUT2D eigenvalue weighted by Crippen LogP contribution is 2.12. The minimum Gasteiger partial charge on any atom is -0.475 e. The van der Waals surface area contributed by atoms with Gasteiger partial charge >= 0.3 is 0 Å². The van der Waals surface area contributed by atoms with Crippen molar-refractivity contribution in [2.24, 2.45) is 0 Å². The SMILES string of the molecule is Cc1cc(C#N)cc(OC(C)C)n1. The van der Waals surface area contributed by atoms with Gasteiger partial charge < -0.3 is 4.74 Å². The monoisotopic (exact) mass is 176 g/mol. The molecule has 3 nitrogen and oxygen atoms in total. The molecule has 0 radical (unpaired) electrons.